The van der Waals surface area contributed by atoms with Crippen molar-refractivity contribution in [2.24, 2.45) is 9.98 Å². The normalized spacial score (nSPS) is 13.7. The van der Waals surface area contributed by atoms with E-state index in [0.29, 0.717) is 11.8 Å². The fraction of sp³-hybridized carbons (Fsp3) is 0.333. The fourth-order valence-corrected chi connectivity index (χ4v) is 4.74. The summed E-state index contributed by atoms with van der Waals surface area (Å²) in [4.78, 5) is 9.55. The van der Waals surface area contributed by atoms with Gasteiger partial charge in [0.15, 0.2) is 0 Å². The lowest BCUT2D eigenvalue weighted by Gasteiger charge is -2.24. The summed E-state index contributed by atoms with van der Waals surface area (Å²) in [5.41, 5.74) is 6.97. The van der Waals surface area contributed by atoms with Gasteiger partial charge in [-0.1, -0.05) is 68.7 Å². The molecule has 1 fully saturated rings. The van der Waals surface area contributed by atoms with E-state index in [1.165, 1.54) is 48.1 Å². The van der Waals surface area contributed by atoms with Crippen LogP contribution in [0.5, 0.6) is 5.75 Å². The molecule has 3 aromatic rings. The Bertz CT molecular complexity index is 1400. The number of allylic oxidation sites excluding steroid dienone is 2. The second kappa shape index (κ2) is 16.8. The first kappa shape index (κ1) is 31.4. The molecule has 0 unspecified atom stereocenters. The highest BCUT2D eigenvalue weighted by atomic mass is 16.3. The largest absolute Gasteiger partial charge is 0.508 e. The maximum Gasteiger partial charge on any atom is 0.207 e. The van der Waals surface area contributed by atoms with Gasteiger partial charge in [0.2, 0.25) is 5.96 Å². The molecule has 0 bridgehead atoms. The van der Waals surface area contributed by atoms with Crippen molar-refractivity contribution in [3.63, 3.8) is 0 Å². The first-order chi connectivity index (χ1) is 21.0. The average molecular weight is 579 g/mol. The third kappa shape index (κ3) is 10.4. The molecule has 0 heterocycles. The Labute approximate surface area is 257 Å². The molecule has 0 aromatic heterocycles. The van der Waals surface area contributed by atoms with Gasteiger partial charge in [-0.05, 0) is 98.7 Å². The standard InChI is InChI=1S/C36H46N6O/c1-4-6-7-11-25-37-27(3)39-36(41-32-21-23-33(43)24-22-32)42-34(5-2)40-31-19-17-30(18-20-31)35(29-15-12-16-29)38-26-28-13-9-8-10-14-28/h5,8-10,13-14,17-24,38,40,43H,4,6-7,11-12,15-16,25-26H2,1-3H3,(H2,37,39,41,42)/b34-5-. The minimum atomic E-state index is 0.215. The Hall–Kier alpha value is -4.52. The molecule has 3 aromatic carbocycles. The van der Waals surface area contributed by atoms with Gasteiger partial charge in [-0.3, -0.25) is 4.99 Å². The summed E-state index contributed by atoms with van der Waals surface area (Å²) < 4.78 is 0. The summed E-state index contributed by atoms with van der Waals surface area (Å²) >= 11 is 0. The molecule has 226 valence electrons. The molecule has 4 rings (SSSR count). The average Bonchev–Trinajstić information content (AvgIpc) is 3.00. The van der Waals surface area contributed by atoms with E-state index in [1.54, 1.807) is 12.1 Å². The molecule has 7 heteroatoms. The summed E-state index contributed by atoms with van der Waals surface area (Å²) in [6.07, 6.45) is 10.2. The molecule has 1 aliphatic carbocycles. The van der Waals surface area contributed by atoms with E-state index >= 15 is 0 Å². The number of anilines is 2. The van der Waals surface area contributed by atoms with Crippen LogP contribution >= 0.6 is 0 Å². The number of benzene rings is 3. The van der Waals surface area contributed by atoms with Crippen LogP contribution in [0.3, 0.4) is 0 Å². The highest BCUT2D eigenvalue weighted by Crippen LogP contribution is 2.33. The van der Waals surface area contributed by atoms with Gasteiger partial charge in [0.1, 0.15) is 11.6 Å². The predicted molar refractivity (Wildman–Crippen MR) is 182 cm³/mol. The third-order valence-electron chi connectivity index (χ3n) is 7.36. The molecular formula is C36H46N6O. The number of aliphatic imine (C=N–C) groups is 2. The number of rotatable bonds is 13. The number of hydrogen-bond acceptors (Lipinski definition) is 5. The molecular weight excluding hydrogens is 532 g/mol. The lowest BCUT2D eigenvalue weighted by Crippen LogP contribution is -2.35. The maximum atomic E-state index is 9.71. The van der Waals surface area contributed by atoms with Crippen LogP contribution in [0.25, 0.3) is 5.70 Å². The number of nitrogens with one attached hydrogen (secondary N) is 4. The van der Waals surface area contributed by atoms with Crippen LogP contribution in [0, 0.1) is 0 Å². The Morgan fingerprint density at radius 1 is 0.860 bits per heavy atom. The summed E-state index contributed by atoms with van der Waals surface area (Å²) in [6.45, 7) is 7.71. The van der Waals surface area contributed by atoms with E-state index in [1.807, 2.05) is 32.1 Å². The zero-order valence-corrected chi connectivity index (χ0v) is 25.8. The minimum Gasteiger partial charge on any atom is -0.508 e. The van der Waals surface area contributed by atoms with E-state index in [0.717, 1.165) is 49.6 Å². The Kier molecular flexibility index (Phi) is 12.3. The Morgan fingerprint density at radius 3 is 2.21 bits per heavy atom. The second-order valence-corrected chi connectivity index (χ2v) is 10.8. The molecule has 5 N–H and O–H groups in total. The molecule has 1 saturated carbocycles. The lowest BCUT2D eigenvalue weighted by atomic mass is 9.88. The van der Waals surface area contributed by atoms with Crippen LogP contribution in [0.15, 0.2) is 106 Å². The van der Waals surface area contributed by atoms with Gasteiger partial charge in [-0.15, -0.1) is 0 Å². The van der Waals surface area contributed by atoms with Crippen molar-refractivity contribution >= 4 is 28.9 Å². The van der Waals surface area contributed by atoms with E-state index in [-0.39, 0.29) is 5.75 Å². The van der Waals surface area contributed by atoms with E-state index in [2.05, 4.69) is 87.8 Å². The van der Waals surface area contributed by atoms with Crippen molar-refractivity contribution < 1.29 is 5.11 Å². The molecule has 0 aliphatic heterocycles. The number of nitrogens with zero attached hydrogens (tertiary/aromatic N) is 2. The Balaban J connectivity index is 1.46. The highest BCUT2D eigenvalue weighted by Gasteiger charge is 2.16. The summed E-state index contributed by atoms with van der Waals surface area (Å²) in [6, 6.07) is 26.0. The van der Waals surface area contributed by atoms with Gasteiger partial charge >= 0.3 is 0 Å². The first-order valence-corrected chi connectivity index (χ1v) is 15.5. The molecule has 0 amide bonds. The zero-order valence-electron chi connectivity index (χ0n) is 25.8. The quantitative estimate of drug-likeness (QED) is 0.0608. The number of hydrogen-bond donors (Lipinski definition) is 5. The van der Waals surface area contributed by atoms with Crippen LogP contribution in [0.2, 0.25) is 0 Å². The van der Waals surface area contributed by atoms with Gasteiger partial charge in [0, 0.05) is 30.2 Å². The number of amidine groups is 1. The van der Waals surface area contributed by atoms with Crippen LogP contribution in [0.1, 0.15) is 76.8 Å². The van der Waals surface area contributed by atoms with Crippen LogP contribution in [0.4, 0.5) is 11.4 Å². The van der Waals surface area contributed by atoms with Crippen molar-refractivity contribution in [3.8, 4) is 5.75 Å². The van der Waals surface area contributed by atoms with E-state index in [9.17, 15) is 5.11 Å². The molecule has 0 spiro atoms. The monoisotopic (exact) mass is 578 g/mol. The SMILES string of the molecule is C/C=C(\N=C(/NC(C)=NCCCCCC)Nc1ccc(O)cc1)Nc1ccc(C(NCc2ccccc2)=C2CCC2)cc1. The number of aromatic hydroxyl groups is 1. The first-order valence-electron chi connectivity index (χ1n) is 15.5. The van der Waals surface area contributed by atoms with E-state index < -0.39 is 0 Å². The number of phenols is 1. The molecule has 0 radical (unpaired) electrons. The van der Waals surface area contributed by atoms with Gasteiger partial charge < -0.3 is 26.4 Å². The number of phenolic OH excluding ortho intramolecular Hbond substituents is 1. The Morgan fingerprint density at radius 2 is 1.56 bits per heavy atom. The summed E-state index contributed by atoms with van der Waals surface area (Å²) in [5.74, 6) is 2.24. The van der Waals surface area contributed by atoms with Crippen molar-refractivity contribution in [3.05, 3.63) is 107 Å². The summed E-state index contributed by atoms with van der Waals surface area (Å²) in [5, 5.41) is 23.5. The number of guanidine groups is 1. The maximum absolute atomic E-state index is 9.71. The predicted octanol–water partition coefficient (Wildman–Crippen LogP) is 8.41. The van der Waals surface area contributed by atoms with Crippen LogP contribution in [-0.4, -0.2) is 23.4 Å². The fourth-order valence-electron chi connectivity index (χ4n) is 4.74. The van der Waals surface area contributed by atoms with Crippen molar-refractivity contribution in [2.45, 2.75) is 72.3 Å². The molecule has 43 heavy (non-hydrogen) atoms. The third-order valence-corrected chi connectivity index (χ3v) is 7.36. The highest BCUT2D eigenvalue weighted by molar-refractivity contribution is 6.05. The van der Waals surface area contributed by atoms with Gasteiger partial charge in [0.05, 0.1) is 5.84 Å². The van der Waals surface area contributed by atoms with Gasteiger partial charge in [-0.2, -0.15) is 4.99 Å². The molecule has 0 atom stereocenters. The summed E-state index contributed by atoms with van der Waals surface area (Å²) in [7, 11) is 0. The zero-order chi connectivity index (χ0) is 30.3. The van der Waals surface area contributed by atoms with Crippen molar-refractivity contribution in [1.82, 2.24) is 10.6 Å². The van der Waals surface area contributed by atoms with Gasteiger partial charge in [-0.25, -0.2) is 0 Å². The second-order valence-electron chi connectivity index (χ2n) is 10.8. The van der Waals surface area contributed by atoms with Crippen LogP contribution in [-0.2, 0) is 6.54 Å². The molecule has 0 saturated heterocycles. The minimum absolute atomic E-state index is 0.215. The van der Waals surface area contributed by atoms with Crippen molar-refractivity contribution in [2.75, 3.05) is 17.2 Å². The van der Waals surface area contributed by atoms with E-state index in [4.69, 9.17) is 4.99 Å². The van der Waals surface area contributed by atoms with Gasteiger partial charge in [0.25, 0.3) is 0 Å². The smallest absolute Gasteiger partial charge is 0.207 e. The van der Waals surface area contributed by atoms with Crippen molar-refractivity contribution in [1.29, 1.82) is 0 Å². The topological polar surface area (TPSA) is 93.1 Å². The molecule has 1 aliphatic rings. The lowest BCUT2D eigenvalue weighted by molar-refractivity contribution is 0.475. The number of unbranched alkanes of at least 4 members (excludes halogenated alkanes) is 3. The van der Waals surface area contributed by atoms with Crippen LogP contribution < -0.4 is 21.3 Å². The molecule has 7 nitrogen and oxygen atoms in total.